The second-order valence-electron chi connectivity index (χ2n) is 4.35. The Morgan fingerprint density at radius 2 is 1.94 bits per heavy atom. The molecule has 1 aromatic rings. The molecule has 0 radical (unpaired) electrons. The molecule has 1 aromatic carbocycles. The molecule has 2 unspecified atom stereocenters. The number of aliphatic hydroxyl groups excluding tert-OH is 1. The number of fused-ring (bicyclic) bond motifs is 1. The Hall–Kier alpha value is -1.56. The number of benzene rings is 1. The number of hydrogen-bond donors (Lipinski definition) is 2. The van der Waals surface area contributed by atoms with Crippen molar-refractivity contribution in [3.63, 3.8) is 0 Å². The second-order valence-corrected chi connectivity index (χ2v) is 4.35. The minimum atomic E-state index is -0.688. The fourth-order valence-corrected chi connectivity index (χ4v) is 2.11. The van der Waals surface area contributed by atoms with E-state index < -0.39 is 18.5 Å². The Kier molecular flexibility index (Phi) is 2.95. The van der Waals surface area contributed by atoms with Crippen molar-refractivity contribution in [1.82, 2.24) is 0 Å². The molecule has 2 N–H and O–H groups in total. The predicted octanol–water partition coefficient (Wildman–Crippen LogP) is 1.08. The van der Waals surface area contributed by atoms with Gasteiger partial charge >= 0.3 is 0 Å². The summed E-state index contributed by atoms with van der Waals surface area (Å²) in [5, 5.41) is 19.1. The number of aromatic hydroxyl groups is 1. The summed E-state index contributed by atoms with van der Waals surface area (Å²) in [7, 11) is 0. The molecule has 0 spiro atoms. The van der Waals surface area contributed by atoms with Gasteiger partial charge in [0, 0.05) is 5.56 Å². The first-order chi connectivity index (χ1) is 8.74. The molecule has 5 heteroatoms. The van der Waals surface area contributed by atoms with Gasteiger partial charge in [0.15, 0.2) is 12.4 Å². The van der Waals surface area contributed by atoms with E-state index in [-0.39, 0.29) is 11.9 Å². The molecule has 1 saturated heterocycles. The van der Waals surface area contributed by atoms with E-state index in [0.29, 0.717) is 6.61 Å². The summed E-state index contributed by atoms with van der Waals surface area (Å²) in [4.78, 5) is 0. The Bertz CT molecular complexity index is 441. The van der Waals surface area contributed by atoms with Gasteiger partial charge in [-0.15, -0.1) is 0 Å². The summed E-state index contributed by atoms with van der Waals surface area (Å²) in [5.74, 6) is 0.191. The molecule has 2 heterocycles. The Labute approximate surface area is 104 Å². The first kappa shape index (κ1) is 11.5. The topological polar surface area (TPSA) is 68.2 Å². The van der Waals surface area contributed by atoms with Crippen LogP contribution in [-0.4, -0.2) is 35.1 Å². The molecular formula is C13H14O5. The van der Waals surface area contributed by atoms with E-state index in [1.807, 2.05) is 0 Å². The smallest absolute Gasteiger partial charge is 0.184 e. The Balaban J connectivity index is 1.76. The lowest BCUT2D eigenvalue weighted by Gasteiger charge is -2.39. The van der Waals surface area contributed by atoms with Gasteiger partial charge in [-0.25, -0.2) is 0 Å². The van der Waals surface area contributed by atoms with Crippen LogP contribution in [-0.2, 0) is 14.2 Å². The van der Waals surface area contributed by atoms with Crippen LogP contribution in [0.2, 0.25) is 0 Å². The highest BCUT2D eigenvalue weighted by Crippen LogP contribution is 2.31. The molecule has 0 bridgehead atoms. The summed E-state index contributed by atoms with van der Waals surface area (Å²) >= 11 is 0. The average molecular weight is 250 g/mol. The van der Waals surface area contributed by atoms with Crippen molar-refractivity contribution in [2.24, 2.45) is 0 Å². The van der Waals surface area contributed by atoms with Crippen LogP contribution in [0.15, 0.2) is 36.6 Å². The van der Waals surface area contributed by atoms with Crippen LogP contribution >= 0.6 is 0 Å². The highest BCUT2D eigenvalue weighted by molar-refractivity contribution is 5.26. The third-order valence-electron chi connectivity index (χ3n) is 3.09. The van der Waals surface area contributed by atoms with E-state index in [2.05, 4.69) is 0 Å². The first-order valence-corrected chi connectivity index (χ1v) is 5.80. The van der Waals surface area contributed by atoms with Crippen molar-refractivity contribution >= 4 is 0 Å². The summed E-state index contributed by atoms with van der Waals surface area (Å²) in [6, 6.07) is 6.60. The van der Waals surface area contributed by atoms with Gasteiger partial charge in [0.05, 0.1) is 12.9 Å². The van der Waals surface area contributed by atoms with E-state index >= 15 is 0 Å². The zero-order valence-corrected chi connectivity index (χ0v) is 9.60. The highest BCUT2D eigenvalue weighted by atomic mass is 16.7. The van der Waals surface area contributed by atoms with Crippen molar-refractivity contribution < 1.29 is 24.4 Å². The molecule has 3 rings (SSSR count). The highest BCUT2D eigenvalue weighted by Gasteiger charge is 2.39. The van der Waals surface area contributed by atoms with Gasteiger partial charge in [-0.1, -0.05) is 12.1 Å². The number of phenolic OH excluding ortho intramolecular Hbond substituents is 1. The maximum atomic E-state index is 9.83. The molecule has 5 nitrogen and oxygen atoms in total. The van der Waals surface area contributed by atoms with Crippen molar-refractivity contribution in [2.75, 3.05) is 6.61 Å². The van der Waals surface area contributed by atoms with Gasteiger partial charge in [-0.2, -0.15) is 0 Å². The van der Waals surface area contributed by atoms with Gasteiger partial charge in [0.2, 0.25) is 0 Å². The predicted molar refractivity (Wildman–Crippen MR) is 61.7 cm³/mol. The van der Waals surface area contributed by atoms with E-state index in [4.69, 9.17) is 14.2 Å². The fourth-order valence-electron chi connectivity index (χ4n) is 2.11. The maximum absolute atomic E-state index is 9.83. The molecule has 1 fully saturated rings. The lowest BCUT2D eigenvalue weighted by atomic mass is 10.0. The molecule has 2 aliphatic rings. The second kappa shape index (κ2) is 4.61. The first-order valence-electron chi connectivity index (χ1n) is 5.80. The molecular weight excluding hydrogens is 236 g/mol. The molecule has 0 saturated carbocycles. The molecule has 18 heavy (non-hydrogen) atoms. The zero-order valence-electron chi connectivity index (χ0n) is 9.60. The van der Waals surface area contributed by atoms with Crippen LogP contribution in [0.4, 0.5) is 0 Å². The monoisotopic (exact) mass is 250 g/mol. The van der Waals surface area contributed by atoms with Crippen LogP contribution in [0.5, 0.6) is 5.75 Å². The zero-order chi connectivity index (χ0) is 12.5. The molecule has 96 valence electrons. The standard InChI is InChI=1S/C13H14O5/c14-9-3-1-8(2-4-9)13-17-7-11-12(18-13)10(15)5-6-16-11/h1-6,10-15H,7H2/t10-,11?,12+,13?/m1/s1. The summed E-state index contributed by atoms with van der Waals surface area (Å²) in [6.45, 7) is 0.359. The van der Waals surface area contributed by atoms with E-state index in [0.717, 1.165) is 5.56 Å². The summed E-state index contributed by atoms with van der Waals surface area (Å²) in [5.41, 5.74) is 0.799. The number of aliphatic hydroxyl groups is 1. The average Bonchev–Trinajstić information content (AvgIpc) is 2.40. The van der Waals surface area contributed by atoms with E-state index in [1.165, 1.54) is 6.26 Å². The lowest BCUT2D eigenvalue weighted by molar-refractivity contribution is -0.276. The fraction of sp³-hybridized carbons (Fsp3) is 0.385. The molecule has 0 amide bonds. The molecule has 2 aliphatic heterocycles. The minimum absolute atomic E-state index is 0.191. The normalized spacial score (nSPS) is 34.7. The quantitative estimate of drug-likeness (QED) is 0.780. The van der Waals surface area contributed by atoms with Crippen LogP contribution < -0.4 is 0 Å². The minimum Gasteiger partial charge on any atom is -0.508 e. The summed E-state index contributed by atoms with van der Waals surface area (Å²) in [6.07, 6.45) is 1.09. The number of rotatable bonds is 1. The van der Waals surface area contributed by atoms with Crippen LogP contribution in [0.3, 0.4) is 0 Å². The van der Waals surface area contributed by atoms with Crippen LogP contribution in [0.1, 0.15) is 11.9 Å². The van der Waals surface area contributed by atoms with Crippen molar-refractivity contribution in [2.45, 2.75) is 24.6 Å². The molecule has 0 aromatic heterocycles. The van der Waals surface area contributed by atoms with Crippen molar-refractivity contribution in [3.05, 3.63) is 42.2 Å². The van der Waals surface area contributed by atoms with Crippen molar-refractivity contribution in [3.8, 4) is 5.75 Å². The van der Waals surface area contributed by atoms with E-state index in [9.17, 15) is 10.2 Å². The maximum Gasteiger partial charge on any atom is 0.184 e. The van der Waals surface area contributed by atoms with Gasteiger partial charge in [-0.3, -0.25) is 0 Å². The third-order valence-corrected chi connectivity index (χ3v) is 3.09. The number of phenols is 1. The Morgan fingerprint density at radius 3 is 2.72 bits per heavy atom. The van der Waals surface area contributed by atoms with Gasteiger partial charge in [0.25, 0.3) is 0 Å². The van der Waals surface area contributed by atoms with Crippen LogP contribution in [0.25, 0.3) is 0 Å². The number of hydrogen-bond acceptors (Lipinski definition) is 5. The molecule has 4 atom stereocenters. The van der Waals surface area contributed by atoms with Gasteiger partial charge in [0.1, 0.15) is 18.0 Å². The number of ether oxygens (including phenoxy) is 3. The SMILES string of the molecule is Oc1ccc(C2OCC3OC=C[C@@H](O)[C@@H]3O2)cc1. The third kappa shape index (κ3) is 2.08. The Morgan fingerprint density at radius 1 is 1.17 bits per heavy atom. The van der Waals surface area contributed by atoms with Crippen molar-refractivity contribution in [1.29, 1.82) is 0 Å². The lowest BCUT2D eigenvalue weighted by Crippen LogP contribution is -2.49. The largest absolute Gasteiger partial charge is 0.508 e. The molecule has 0 aliphatic carbocycles. The van der Waals surface area contributed by atoms with Gasteiger partial charge < -0.3 is 24.4 Å². The van der Waals surface area contributed by atoms with E-state index in [1.54, 1.807) is 30.3 Å². The van der Waals surface area contributed by atoms with Gasteiger partial charge in [-0.05, 0) is 18.2 Å². The summed E-state index contributed by atoms with van der Waals surface area (Å²) < 4.78 is 16.6. The van der Waals surface area contributed by atoms with Crippen LogP contribution in [0, 0.1) is 0 Å².